The van der Waals surface area contributed by atoms with Crippen LogP contribution in [-0.4, -0.2) is 37.9 Å². The normalized spacial score (nSPS) is 11.1. The molecule has 0 unspecified atom stereocenters. The van der Waals surface area contributed by atoms with E-state index in [0.29, 0.717) is 28.3 Å². The fourth-order valence-electron chi connectivity index (χ4n) is 2.79. The molecule has 174 valence electrons. The molecule has 0 aliphatic rings. The predicted molar refractivity (Wildman–Crippen MR) is 122 cm³/mol. The lowest BCUT2D eigenvalue weighted by atomic mass is 10.2. The second-order valence-corrected chi connectivity index (χ2v) is 8.64. The smallest absolute Gasteiger partial charge is 0.257 e. The number of ether oxygens (including phenoxy) is 1. The van der Waals surface area contributed by atoms with Crippen molar-refractivity contribution in [1.29, 1.82) is 0 Å². The Morgan fingerprint density at radius 2 is 1.79 bits per heavy atom. The summed E-state index contributed by atoms with van der Waals surface area (Å²) in [6.45, 7) is 3.11. The molecule has 33 heavy (non-hydrogen) atoms. The quantitative estimate of drug-likeness (QED) is 0.389. The van der Waals surface area contributed by atoms with Crippen LogP contribution in [-0.2, 0) is 14.8 Å². The van der Waals surface area contributed by atoms with Gasteiger partial charge in [-0.3, -0.25) is 4.79 Å². The number of carbonyl (C=O) groups excluding carboxylic acids is 1. The van der Waals surface area contributed by atoms with E-state index in [1.165, 1.54) is 25.2 Å². The molecule has 3 aromatic rings. The van der Waals surface area contributed by atoms with Crippen LogP contribution in [0, 0.1) is 19.7 Å². The number of nitrogens with two attached hydrogens (primary N) is 1. The van der Waals surface area contributed by atoms with Gasteiger partial charge in [0.05, 0.1) is 4.90 Å². The average molecular weight is 475 g/mol. The number of hydrogen-bond acceptors (Lipinski definition) is 8. The number of hydrogen-bond donors (Lipinski definition) is 4. The highest BCUT2D eigenvalue weighted by atomic mass is 32.2. The van der Waals surface area contributed by atoms with Crippen LogP contribution < -0.4 is 25.8 Å². The maximum Gasteiger partial charge on any atom is 0.257 e. The lowest BCUT2D eigenvalue weighted by molar-refractivity contribution is -0.122. The van der Waals surface area contributed by atoms with E-state index in [4.69, 9.17) is 9.88 Å². The molecule has 2 aromatic carbocycles. The van der Waals surface area contributed by atoms with E-state index >= 15 is 0 Å². The van der Waals surface area contributed by atoms with Crippen LogP contribution in [0.5, 0.6) is 5.75 Å². The van der Waals surface area contributed by atoms with Gasteiger partial charge < -0.3 is 20.7 Å². The van der Waals surface area contributed by atoms with Gasteiger partial charge in [-0.1, -0.05) is 6.07 Å². The van der Waals surface area contributed by atoms with Crippen LogP contribution in [0.2, 0.25) is 0 Å². The topological polar surface area (TPSA) is 148 Å². The lowest BCUT2D eigenvalue weighted by Gasteiger charge is -2.13. The van der Waals surface area contributed by atoms with E-state index in [9.17, 15) is 17.6 Å². The van der Waals surface area contributed by atoms with Crippen LogP contribution in [0.1, 0.15) is 11.1 Å². The molecule has 0 aliphatic heterocycles. The van der Waals surface area contributed by atoms with Crippen molar-refractivity contribution in [3.05, 3.63) is 59.5 Å². The molecule has 0 atom stereocenters. The Morgan fingerprint density at radius 1 is 1.09 bits per heavy atom. The van der Waals surface area contributed by atoms with Gasteiger partial charge in [0.2, 0.25) is 16.0 Å². The van der Waals surface area contributed by atoms with E-state index in [-0.39, 0.29) is 29.1 Å². The molecular weight excluding hydrogens is 451 g/mol. The van der Waals surface area contributed by atoms with Crippen molar-refractivity contribution in [1.82, 2.24) is 15.3 Å². The second-order valence-electron chi connectivity index (χ2n) is 7.11. The summed E-state index contributed by atoms with van der Waals surface area (Å²) in [5.41, 5.74) is 2.04. The molecule has 1 amide bonds. The number of nitrogens with zero attached hydrogens (tertiary/aromatic N) is 2. The zero-order valence-electron chi connectivity index (χ0n) is 18.1. The van der Waals surface area contributed by atoms with Gasteiger partial charge in [0.1, 0.15) is 5.82 Å². The largest absolute Gasteiger partial charge is 0.481 e. The van der Waals surface area contributed by atoms with Gasteiger partial charge in [-0.05, 0) is 43.7 Å². The predicted octanol–water partition coefficient (Wildman–Crippen LogP) is 2.49. The zero-order valence-corrected chi connectivity index (χ0v) is 19.0. The van der Waals surface area contributed by atoms with E-state index < -0.39 is 15.8 Å². The van der Waals surface area contributed by atoms with Crippen LogP contribution in [0.3, 0.4) is 0 Å². The minimum atomic E-state index is -3.88. The van der Waals surface area contributed by atoms with Crippen LogP contribution in [0.25, 0.3) is 0 Å². The van der Waals surface area contributed by atoms with Crippen LogP contribution >= 0.6 is 0 Å². The Labute approximate surface area is 190 Å². The number of rotatable bonds is 8. The van der Waals surface area contributed by atoms with E-state index in [0.717, 1.165) is 0 Å². The number of anilines is 4. The van der Waals surface area contributed by atoms with Gasteiger partial charge in [0, 0.05) is 36.2 Å². The van der Waals surface area contributed by atoms with Crippen LogP contribution in [0.15, 0.2) is 47.5 Å². The van der Waals surface area contributed by atoms with Crippen molar-refractivity contribution in [3.8, 4) is 5.75 Å². The number of aromatic nitrogens is 2. The molecule has 10 nitrogen and oxygen atoms in total. The molecule has 1 aromatic heterocycles. The van der Waals surface area contributed by atoms with E-state index in [1.807, 2.05) is 0 Å². The van der Waals surface area contributed by atoms with Crippen molar-refractivity contribution in [2.24, 2.45) is 5.14 Å². The molecule has 3 rings (SSSR count). The number of primary sulfonamides is 1. The van der Waals surface area contributed by atoms with Crippen LogP contribution in [0.4, 0.5) is 27.5 Å². The summed E-state index contributed by atoms with van der Waals surface area (Å²) in [6.07, 6.45) is 1.56. The number of halogens is 1. The second kappa shape index (κ2) is 9.79. The number of carbonyl (C=O) groups is 1. The third kappa shape index (κ3) is 6.14. The molecular formula is C21H23FN6O4S. The third-order valence-corrected chi connectivity index (χ3v) is 5.61. The summed E-state index contributed by atoms with van der Waals surface area (Å²) in [4.78, 5) is 19.8. The third-order valence-electron chi connectivity index (χ3n) is 4.55. The molecule has 12 heteroatoms. The number of benzene rings is 2. The molecule has 0 saturated carbocycles. The molecule has 0 spiro atoms. The molecule has 0 saturated heterocycles. The van der Waals surface area contributed by atoms with Crippen molar-refractivity contribution in [2.75, 3.05) is 24.3 Å². The zero-order chi connectivity index (χ0) is 24.2. The maximum atomic E-state index is 14.3. The average Bonchev–Trinajstić information content (AvgIpc) is 2.75. The minimum absolute atomic E-state index is 0.00726. The monoisotopic (exact) mass is 474 g/mol. The number of aryl methyl sites for hydroxylation is 2. The van der Waals surface area contributed by atoms with Crippen molar-refractivity contribution >= 4 is 39.1 Å². The maximum absolute atomic E-state index is 14.3. The molecule has 5 N–H and O–H groups in total. The fourth-order valence-corrected chi connectivity index (χ4v) is 3.60. The van der Waals surface area contributed by atoms with Crippen molar-refractivity contribution < 1.29 is 22.3 Å². The summed E-state index contributed by atoms with van der Waals surface area (Å²) < 4.78 is 43.0. The highest BCUT2D eigenvalue weighted by molar-refractivity contribution is 7.89. The first-order valence-electron chi connectivity index (χ1n) is 9.71. The SMILES string of the molecule is CNC(=O)COc1ccc(Nc2nc(Nc3ccc(C)c(S(N)(=O)=O)c3)ncc2C)cc1F. The van der Waals surface area contributed by atoms with Gasteiger partial charge >= 0.3 is 0 Å². The number of likely N-dealkylation sites (N-methyl/N-ethyl adjacent to an activating group) is 1. The first-order valence-corrected chi connectivity index (χ1v) is 11.3. The summed E-state index contributed by atoms with van der Waals surface area (Å²) in [7, 11) is -2.42. The molecule has 0 bridgehead atoms. The van der Waals surface area contributed by atoms with Crippen molar-refractivity contribution in [2.45, 2.75) is 18.7 Å². The van der Waals surface area contributed by atoms with E-state index in [1.54, 1.807) is 38.2 Å². The molecule has 0 radical (unpaired) electrons. The first kappa shape index (κ1) is 23.9. The Kier molecular flexibility index (Phi) is 7.09. The highest BCUT2D eigenvalue weighted by Crippen LogP contribution is 2.26. The lowest BCUT2D eigenvalue weighted by Crippen LogP contribution is -2.25. The van der Waals surface area contributed by atoms with Crippen molar-refractivity contribution in [3.63, 3.8) is 0 Å². The van der Waals surface area contributed by atoms with Gasteiger partial charge in [-0.25, -0.2) is 22.9 Å². The first-order chi connectivity index (χ1) is 15.6. The highest BCUT2D eigenvalue weighted by Gasteiger charge is 2.13. The van der Waals surface area contributed by atoms with Gasteiger partial charge in [-0.2, -0.15) is 4.98 Å². The standard InChI is InChI=1S/C21H23FN6O4S/c1-12-4-5-15(9-18(12)33(23,30)31)27-21-25-10-13(2)20(28-21)26-14-6-7-17(16(22)8-14)32-11-19(29)24-3/h4-10H,11H2,1-3H3,(H,24,29)(H2,23,30,31)(H2,25,26,27,28). The Hall–Kier alpha value is -3.77. The minimum Gasteiger partial charge on any atom is -0.481 e. The van der Waals surface area contributed by atoms with Gasteiger partial charge in [-0.15, -0.1) is 0 Å². The number of sulfonamides is 1. The summed E-state index contributed by atoms with van der Waals surface area (Å²) in [5.74, 6) is -0.485. The number of amides is 1. The van der Waals surface area contributed by atoms with E-state index in [2.05, 4.69) is 25.9 Å². The summed E-state index contributed by atoms with van der Waals surface area (Å²) in [6, 6.07) is 8.88. The summed E-state index contributed by atoms with van der Waals surface area (Å²) in [5, 5.41) is 13.6. The molecule has 0 fully saturated rings. The molecule has 0 aliphatic carbocycles. The van der Waals surface area contributed by atoms with Gasteiger partial charge in [0.25, 0.3) is 5.91 Å². The van der Waals surface area contributed by atoms with Gasteiger partial charge in [0.15, 0.2) is 18.2 Å². The number of nitrogens with one attached hydrogen (secondary N) is 3. The Bertz CT molecular complexity index is 1300. The Morgan fingerprint density at radius 3 is 2.45 bits per heavy atom. The fraction of sp³-hybridized carbons (Fsp3) is 0.190. The summed E-state index contributed by atoms with van der Waals surface area (Å²) >= 11 is 0. The Balaban J connectivity index is 1.79. The molecule has 1 heterocycles.